The molecule has 1 rings (SSSR count). The molecule has 13 heavy (non-hydrogen) atoms. The van der Waals surface area contributed by atoms with Crippen LogP contribution in [0, 0.1) is 18.3 Å². The lowest BCUT2D eigenvalue weighted by Crippen LogP contribution is -1.88. The van der Waals surface area contributed by atoms with Crippen LogP contribution >= 0.6 is 0 Å². The second-order valence-electron chi connectivity index (χ2n) is 3.00. The van der Waals surface area contributed by atoms with E-state index < -0.39 is 0 Å². The van der Waals surface area contributed by atoms with Crippen molar-refractivity contribution in [1.82, 2.24) is 0 Å². The molecule has 0 radical (unpaired) electrons. The summed E-state index contributed by atoms with van der Waals surface area (Å²) < 4.78 is 0. The van der Waals surface area contributed by atoms with Crippen molar-refractivity contribution in [2.24, 2.45) is 4.99 Å². The Labute approximate surface area is 78.5 Å². The molecule has 0 aliphatic carbocycles. The lowest BCUT2D eigenvalue weighted by Gasteiger charge is -1.96. The first-order chi connectivity index (χ1) is 6.22. The predicted molar refractivity (Wildman–Crippen MR) is 53.6 cm³/mol. The number of aryl methyl sites for hydroxylation is 1. The molecule has 0 spiro atoms. The third-order valence-corrected chi connectivity index (χ3v) is 1.78. The smallest absolute Gasteiger partial charge is 0.114 e. The highest BCUT2D eigenvalue weighted by atomic mass is 14.7. The number of hydrogen-bond donors (Lipinski definition) is 0. The second kappa shape index (κ2) is 4.42. The van der Waals surface area contributed by atoms with Crippen molar-refractivity contribution in [2.45, 2.75) is 20.4 Å². The topological polar surface area (TPSA) is 36.1 Å². The van der Waals surface area contributed by atoms with Crippen LogP contribution in [0.3, 0.4) is 0 Å². The summed E-state index contributed by atoms with van der Waals surface area (Å²) >= 11 is 0. The van der Waals surface area contributed by atoms with E-state index in [1.54, 1.807) is 6.92 Å². The Morgan fingerprint density at radius 2 is 2.00 bits per heavy atom. The Kier molecular flexibility index (Phi) is 3.22. The molecule has 2 nitrogen and oxygen atoms in total. The maximum atomic E-state index is 8.48. The summed E-state index contributed by atoms with van der Waals surface area (Å²) in [5.41, 5.74) is 2.91. The first-order valence-electron chi connectivity index (χ1n) is 4.19. The molecule has 0 saturated heterocycles. The van der Waals surface area contributed by atoms with E-state index in [1.807, 2.05) is 37.3 Å². The Morgan fingerprint density at radius 1 is 1.38 bits per heavy atom. The fourth-order valence-electron chi connectivity index (χ4n) is 0.939. The van der Waals surface area contributed by atoms with Crippen LogP contribution in [-0.2, 0) is 6.54 Å². The number of nitrogens with zero attached hydrogens (tertiary/aromatic N) is 2. The Hall–Kier alpha value is -1.62. The standard InChI is InChI=1S/C11H12N2/c1-9-3-5-11(6-4-9)8-13-10(2)7-12/h3-6H,8H2,1-2H3. The minimum Gasteiger partial charge on any atom is -0.274 e. The molecule has 0 bridgehead atoms. The van der Waals surface area contributed by atoms with Crippen LogP contribution in [-0.4, -0.2) is 5.71 Å². The molecule has 0 fully saturated rings. The fraction of sp³-hybridized carbons (Fsp3) is 0.273. The van der Waals surface area contributed by atoms with Crippen LogP contribution < -0.4 is 0 Å². The lowest BCUT2D eigenvalue weighted by atomic mass is 10.1. The summed E-state index contributed by atoms with van der Waals surface area (Å²) in [4.78, 5) is 4.10. The fourth-order valence-corrected chi connectivity index (χ4v) is 0.939. The molecule has 0 heterocycles. The van der Waals surface area contributed by atoms with Crippen LogP contribution in [0.15, 0.2) is 29.3 Å². The average molecular weight is 172 g/mol. The zero-order chi connectivity index (χ0) is 9.68. The van der Waals surface area contributed by atoms with E-state index >= 15 is 0 Å². The Morgan fingerprint density at radius 3 is 2.54 bits per heavy atom. The molecular weight excluding hydrogens is 160 g/mol. The second-order valence-corrected chi connectivity index (χ2v) is 3.00. The summed E-state index contributed by atoms with van der Waals surface area (Å²) in [5.74, 6) is 0. The van der Waals surface area contributed by atoms with E-state index in [4.69, 9.17) is 5.26 Å². The summed E-state index contributed by atoms with van der Waals surface area (Å²) in [6.45, 7) is 4.36. The van der Waals surface area contributed by atoms with Crippen molar-refractivity contribution >= 4 is 5.71 Å². The van der Waals surface area contributed by atoms with E-state index in [9.17, 15) is 0 Å². The van der Waals surface area contributed by atoms with Gasteiger partial charge in [-0.1, -0.05) is 29.8 Å². The minimum atomic E-state index is 0.528. The Balaban J connectivity index is 2.67. The van der Waals surface area contributed by atoms with Gasteiger partial charge in [0.05, 0.1) is 6.54 Å². The quantitative estimate of drug-likeness (QED) is 0.631. The molecule has 0 aliphatic heterocycles. The van der Waals surface area contributed by atoms with Gasteiger partial charge in [0.15, 0.2) is 0 Å². The van der Waals surface area contributed by atoms with Crippen molar-refractivity contribution in [3.8, 4) is 6.07 Å². The van der Waals surface area contributed by atoms with Gasteiger partial charge in [0, 0.05) is 0 Å². The third-order valence-electron chi connectivity index (χ3n) is 1.78. The van der Waals surface area contributed by atoms with Gasteiger partial charge < -0.3 is 0 Å². The highest BCUT2D eigenvalue weighted by molar-refractivity contribution is 5.96. The summed E-state index contributed by atoms with van der Waals surface area (Å²) in [7, 11) is 0. The van der Waals surface area contributed by atoms with E-state index in [2.05, 4.69) is 4.99 Å². The molecule has 0 aliphatic rings. The van der Waals surface area contributed by atoms with Gasteiger partial charge in [0.25, 0.3) is 0 Å². The van der Waals surface area contributed by atoms with E-state index in [0.717, 1.165) is 5.56 Å². The molecule has 0 aromatic heterocycles. The number of nitriles is 1. The normalized spacial score (nSPS) is 11.0. The molecule has 0 unspecified atom stereocenters. The molecule has 66 valence electrons. The van der Waals surface area contributed by atoms with Gasteiger partial charge in [0.1, 0.15) is 11.8 Å². The van der Waals surface area contributed by atoms with Crippen LogP contribution in [0.1, 0.15) is 18.1 Å². The monoisotopic (exact) mass is 172 g/mol. The van der Waals surface area contributed by atoms with Crippen molar-refractivity contribution in [3.63, 3.8) is 0 Å². The van der Waals surface area contributed by atoms with Gasteiger partial charge in [-0.05, 0) is 19.4 Å². The first kappa shape index (κ1) is 9.47. The SMILES string of the molecule is CC(C#N)=NCc1ccc(C)cc1. The summed E-state index contributed by atoms with van der Waals surface area (Å²) in [6.07, 6.45) is 0. The molecule has 0 amide bonds. The highest BCUT2D eigenvalue weighted by Gasteiger charge is 1.90. The van der Waals surface area contributed by atoms with Gasteiger partial charge in [-0.3, -0.25) is 4.99 Å². The minimum absolute atomic E-state index is 0.528. The van der Waals surface area contributed by atoms with Crippen molar-refractivity contribution in [2.75, 3.05) is 0 Å². The van der Waals surface area contributed by atoms with Gasteiger partial charge in [-0.25, -0.2) is 0 Å². The summed E-state index contributed by atoms with van der Waals surface area (Å²) in [5, 5.41) is 8.48. The van der Waals surface area contributed by atoms with Crippen molar-refractivity contribution in [3.05, 3.63) is 35.4 Å². The van der Waals surface area contributed by atoms with Gasteiger partial charge in [0.2, 0.25) is 0 Å². The van der Waals surface area contributed by atoms with Gasteiger partial charge in [-0.2, -0.15) is 5.26 Å². The van der Waals surface area contributed by atoms with Crippen molar-refractivity contribution in [1.29, 1.82) is 5.26 Å². The van der Waals surface area contributed by atoms with Gasteiger partial charge >= 0.3 is 0 Å². The van der Waals surface area contributed by atoms with E-state index in [1.165, 1.54) is 5.56 Å². The zero-order valence-corrected chi connectivity index (χ0v) is 7.91. The highest BCUT2D eigenvalue weighted by Crippen LogP contribution is 2.04. The largest absolute Gasteiger partial charge is 0.274 e. The first-order valence-corrected chi connectivity index (χ1v) is 4.19. The number of benzene rings is 1. The van der Waals surface area contributed by atoms with Crippen LogP contribution in [0.2, 0.25) is 0 Å². The molecule has 1 aromatic rings. The number of hydrogen-bond acceptors (Lipinski definition) is 2. The molecule has 0 atom stereocenters. The molecule has 0 N–H and O–H groups in total. The number of rotatable bonds is 2. The van der Waals surface area contributed by atoms with Crippen LogP contribution in [0.4, 0.5) is 0 Å². The molecular formula is C11H12N2. The predicted octanol–water partition coefficient (Wildman–Crippen LogP) is 2.48. The zero-order valence-electron chi connectivity index (χ0n) is 7.91. The van der Waals surface area contributed by atoms with Crippen LogP contribution in [0.25, 0.3) is 0 Å². The third kappa shape index (κ3) is 3.08. The van der Waals surface area contributed by atoms with Crippen molar-refractivity contribution < 1.29 is 0 Å². The van der Waals surface area contributed by atoms with Gasteiger partial charge in [-0.15, -0.1) is 0 Å². The molecule has 1 aromatic carbocycles. The van der Waals surface area contributed by atoms with Crippen LogP contribution in [0.5, 0.6) is 0 Å². The van der Waals surface area contributed by atoms with E-state index in [0.29, 0.717) is 12.3 Å². The average Bonchev–Trinajstić information content (AvgIpc) is 2.16. The lowest BCUT2D eigenvalue weighted by molar-refractivity contribution is 1.07. The summed E-state index contributed by atoms with van der Waals surface area (Å²) in [6, 6.07) is 10.2. The maximum absolute atomic E-state index is 8.48. The van der Waals surface area contributed by atoms with E-state index in [-0.39, 0.29) is 0 Å². The Bertz CT molecular complexity index is 341. The number of aliphatic imine (C=N–C) groups is 1. The maximum Gasteiger partial charge on any atom is 0.114 e. The molecule has 0 saturated carbocycles. The molecule has 2 heteroatoms.